The number of nitrogens with two attached hydrogens (primary N) is 1. The maximum absolute atomic E-state index is 5.90. The van der Waals surface area contributed by atoms with Gasteiger partial charge in [-0.15, -0.1) is 24.0 Å². The van der Waals surface area contributed by atoms with Crippen LogP contribution in [0.25, 0.3) is 0 Å². The number of halogens is 1. The van der Waals surface area contributed by atoms with Crippen LogP contribution in [0.15, 0.2) is 17.1 Å². The van der Waals surface area contributed by atoms with Gasteiger partial charge in [0, 0.05) is 23.1 Å². The average Bonchev–Trinajstić information content (AvgIpc) is 2.72. The summed E-state index contributed by atoms with van der Waals surface area (Å²) in [5, 5.41) is 3.14. The fourth-order valence-electron chi connectivity index (χ4n) is 2.39. The number of nitrogens with zero attached hydrogens (tertiary/aromatic N) is 1. The minimum atomic E-state index is -0.103. The molecule has 1 unspecified atom stereocenters. The minimum Gasteiger partial charge on any atom is -0.496 e. The number of hydrogen-bond donors (Lipinski definition) is 2. The predicted molar refractivity (Wildman–Crippen MR) is 100 cm³/mol. The molecule has 2 rings (SSSR count). The second-order valence-electron chi connectivity index (χ2n) is 6.48. The van der Waals surface area contributed by atoms with Crippen molar-refractivity contribution in [3.8, 4) is 11.5 Å². The smallest absolute Gasteiger partial charge is 0.189 e. The highest BCUT2D eigenvalue weighted by Crippen LogP contribution is 2.35. The van der Waals surface area contributed by atoms with E-state index in [4.69, 9.17) is 15.2 Å². The molecule has 1 atom stereocenters. The van der Waals surface area contributed by atoms with Gasteiger partial charge in [-0.1, -0.05) is 0 Å². The summed E-state index contributed by atoms with van der Waals surface area (Å²) in [4.78, 5) is 4.38. The standard InChI is InChI=1S/C16H25N3O2.HI/c1-10-6-11-7-13(20-5)12(8-14(11)21-10)9-18-15(17)19-16(2,3)4;/h7-8,10H,6,9H2,1-5H3,(H3,17,18,19);1H. The van der Waals surface area contributed by atoms with Crippen molar-refractivity contribution in [2.45, 2.75) is 52.3 Å². The Labute approximate surface area is 149 Å². The van der Waals surface area contributed by atoms with Crippen LogP contribution in [0, 0.1) is 0 Å². The fraction of sp³-hybridized carbons (Fsp3) is 0.562. The molecule has 1 heterocycles. The van der Waals surface area contributed by atoms with Crippen LogP contribution in [0.2, 0.25) is 0 Å². The van der Waals surface area contributed by atoms with Gasteiger partial charge in [0.25, 0.3) is 0 Å². The Morgan fingerprint density at radius 1 is 1.45 bits per heavy atom. The number of ether oxygens (including phenoxy) is 2. The van der Waals surface area contributed by atoms with E-state index < -0.39 is 0 Å². The zero-order valence-electron chi connectivity index (χ0n) is 13.9. The lowest BCUT2D eigenvalue weighted by Crippen LogP contribution is -2.44. The molecule has 0 aromatic heterocycles. The fourth-order valence-corrected chi connectivity index (χ4v) is 2.39. The molecule has 0 fully saturated rings. The monoisotopic (exact) mass is 419 g/mol. The minimum absolute atomic E-state index is 0. The zero-order chi connectivity index (χ0) is 15.6. The quantitative estimate of drug-likeness (QED) is 0.449. The number of hydrogen-bond acceptors (Lipinski definition) is 3. The number of benzene rings is 1. The Bertz CT molecular complexity index is 553. The number of methoxy groups -OCH3 is 1. The maximum atomic E-state index is 5.90. The molecule has 124 valence electrons. The molecular weight excluding hydrogens is 393 g/mol. The van der Waals surface area contributed by atoms with Crippen LogP contribution in [-0.2, 0) is 13.0 Å². The summed E-state index contributed by atoms with van der Waals surface area (Å²) in [7, 11) is 1.67. The van der Waals surface area contributed by atoms with Crippen LogP contribution in [-0.4, -0.2) is 24.7 Å². The van der Waals surface area contributed by atoms with E-state index in [1.165, 1.54) is 5.56 Å². The number of aliphatic imine (C=N–C) groups is 1. The summed E-state index contributed by atoms with van der Waals surface area (Å²) in [5.41, 5.74) is 7.96. The van der Waals surface area contributed by atoms with E-state index in [0.717, 1.165) is 23.5 Å². The van der Waals surface area contributed by atoms with Crippen LogP contribution in [0.5, 0.6) is 11.5 Å². The van der Waals surface area contributed by atoms with E-state index >= 15 is 0 Å². The van der Waals surface area contributed by atoms with Gasteiger partial charge >= 0.3 is 0 Å². The summed E-state index contributed by atoms with van der Waals surface area (Å²) in [5.74, 6) is 2.19. The Morgan fingerprint density at radius 2 is 2.14 bits per heavy atom. The third-order valence-electron chi connectivity index (χ3n) is 3.22. The third-order valence-corrected chi connectivity index (χ3v) is 3.22. The van der Waals surface area contributed by atoms with Crippen LogP contribution in [0.3, 0.4) is 0 Å². The first-order valence-corrected chi connectivity index (χ1v) is 7.23. The van der Waals surface area contributed by atoms with Gasteiger partial charge in [-0.25, -0.2) is 4.99 Å². The molecule has 1 aromatic rings. The predicted octanol–water partition coefficient (Wildman–Crippen LogP) is 2.84. The van der Waals surface area contributed by atoms with Gasteiger partial charge in [-0.2, -0.15) is 0 Å². The van der Waals surface area contributed by atoms with Crippen LogP contribution in [0.1, 0.15) is 38.8 Å². The topological polar surface area (TPSA) is 68.9 Å². The molecule has 1 aromatic carbocycles. The first-order chi connectivity index (χ1) is 9.78. The van der Waals surface area contributed by atoms with Crippen molar-refractivity contribution >= 4 is 29.9 Å². The van der Waals surface area contributed by atoms with E-state index in [1.54, 1.807) is 7.11 Å². The lowest BCUT2D eigenvalue weighted by atomic mass is 10.1. The summed E-state index contributed by atoms with van der Waals surface area (Å²) >= 11 is 0. The Kier molecular flexibility index (Phi) is 6.34. The van der Waals surface area contributed by atoms with Crippen molar-refractivity contribution in [2.24, 2.45) is 10.7 Å². The van der Waals surface area contributed by atoms with Gasteiger partial charge in [0.1, 0.15) is 17.6 Å². The molecule has 0 bridgehead atoms. The lowest BCUT2D eigenvalue weighted by molar-refractivity contribution is 0.254. The zero-order valence-corrected chi connectivity index (χ0v) is 16.2. The molecule has 0 saturated heterocycles. The van der Waals surface area contributed by atoms with E-state index in [0.29, 0.717) is 12.5 Å². The normalized spacial score (nSPS) is 17.3. The Morgan fingerprint density at radius 3 is 2.73 bits per heavy atom. The van der Waals surface area contributed by atoms with Gasteiger partial charge in [0.15, 0.2) is 5.96 Å². The van der Waals surface area contributed by atoms with Gasteiger partial charge < -0.3 is 20.5 Å². The van der Waals surface area contributed by atoms with E-state index in [9.17, 15) is 0 Å². The van der Waals surface area contributed by atoms with Crippen molar-refractivity contribution in [1.82, 2.24) is 5.32 Å². The molecule has 3 N–H and O–H groups in total. The third kappa shape index (κ3) is 4.93. The van der Waals surface area contributed by atoms with Crippen LogP contribution < -0.4 is 20.5 Å². The van der Waals surface area contributed by atoms with Crippen LogP contribution in [0.4, 0.5) is 0 Å². The molecule has 1 aliphatic rings. The maximum Gasteiger partial charge on any atom is 0.189 e. The SMILES string of the molecule is COc1cc2c(cc1CN=C(N)NC(C)(C)C)OC(C)C2.I. The van der Waals surface area contributed by atoms with Gasteiger partial charge in [-0.05, 0) is 39.8 Å². The summed E-state index contributed by atoms with van der Waals surface area (Å²) in [6, 6.07) is 4.04. The lowest BCUT2D eigenvalue weighted by Gasteiger charge is -2.21. The summed E-state index contributed by atoms with van der Waals surface area (Å²) < 4.78 is 11.2. The largest absolute Gasteiger partial charge is 0.496 e. The van der Waals surface area contributed by atoms with Gasteiger partial charge in [0.2, 0.25) is 0 Å². The molecule has 0 radical (unpaired) electrons. The molecule has 0 aliphatic carbocycles. The molecule has 0 saturated carbocycles. The number of fused-ring (bicyclic) bond motifs is 1. The van der Waals surface area contributed by atoms with Crippen molar-refractivity contribution in [3.63, 3.8) is 0 Å². The second kappa shape index (κ2) is 7.39. The highest BCUT2D eigenvalue weighted by molar-refractivity contribution is 14.0. The van der Waals surface area contributed by atoms with E-state index in [1.807, 2.05) is 32.9 Å². The molecule has 5 nitrogen and oxygen atoms in total. The number of nitrogens with one attached hydrogen (secondary N) is 1. The van der Waals surface area contributed by atoms with Crippen molar-refractivity contribution < 1.29 is 9.47 Å². The Balaban J connectivity index is 0.00000242. The first-order valence-electron chi connectivity index (χ1n) is 7.23. The second-order valence-corrected chi connectivity index (χ2v) is 6.48. The molecule has 22 heavy (non-hydrogen) atoms. The van der Waals surface area contributed by atoms with Gasteiger partial charge in [0.05, 0.1) is 13.7 Å². The highest BCUT2D eigenvalue weighted by Gasteiger charge is 2.21. The highest BCUT2D eigenvalue weighted by atomic mass is 127. The molecule has 0 spiro atoms. The van der Waals surface area contributed by atoms with Crippen molar-refractivity contribution in [3.05, 3.63) is 23.3 Å². The van der Waals surface area contributed by atoms with E-state index in [-0.39, 0.29) is 35.6 Å². The summed E-state index contributed by atoms with van der Waals surface area (Å²) in [6.45, 7) is 8.65. The number of guanidine groups is 1. The number of rotatable bonds is 3. The van der Waals surface area contributed by atoms with Gasteiger partial charge in [-0.3, -0.25) is 0 Å². The molecule has 6 heteroatoms. The van der Waals surface area contributed by atoms with E-state index in [2.05, 4.69) is 17.2 Å². The van der Waals surface area contributed by atoms with Crippen molar-refractivity contribution in [2.75, 3.05) is 7.11 Å². The molecule has 1 aliphatic heterocycles. The molecule has 0 amide bonds. The first kappa shape index (κ1) is 18.9. The summed E-state index contributed by atoms with van der Waals surface area (Å²) in [6.07, 6.45) is 1.14. The average molecular weight is 419 g/mol. The van der Waals surface area contributed by atoms with Crippen molar-refractivity contribution in [1.29, 1.82) is 0 Å². The van der Waals surface area contributed by atoms with Crippen LogP contribution >= 0.6 is 24.0 Å². The Hall–Kier alpha value is -1.18. The molecular formula is C16H26IN3O2.